The minimum atomic E-state index is -3.90. The first-order chi connectivity index (χ1) is 96.0. The van der Waals surface area contributed by atoms with E-state index in [4.69, 9.17) is 146 Å². The highest BCUT2D eigenvalue weighted by Crippen LogP contribution is 2.64. The molecule has 12 heteroatoms. The van der Waals surface area contributed by atoms with Gasteiger partial charge in [0.05, 0.1) is 50.9 Å². The molecule has 12 fully saturated rings. The fourth-order valence-electron chi connectivity index (χ4n) is 18.3. The topological polar surface area (TPSA) is 74.8 Å². The van der Waals surface area contributed by atoms with Crippen LogP contribution < -0.4 is 28.4 Å². The zero-order chi connectivity index (χ0) is 170. The molecule has 18 aliphatic rings. The van der Waals surface area contributed by atoms with E-state index >= 15 is 0 Å². The number of benzene rings is 6. The summed E-state index contributed by atoms with van der Waals surface area (Å²) in [6, 6.07) is -3.67. The summed E-state index contributed by atoms with van der Waals surface area (Å²) in [5.41, 5.74) is -26.9. The molecule has 0 spiro atoms. The summed E-state index contributed by atoms with van der Waals surface area (Å²) in [7, 11) is 11.2. The van der Waals surface area contributed by atoms with Crippen molar-refractivity contribution in [2.24, 2.45) is 70.7 Å². The van der Waals surface area contributed by atoms with Crippen LogP contribution in [0.4, 0.5) is 0 Å². The zero-order valence-corrected chi connectivity index (χ0v) is 71.9. The van der Waals surface area contributed by atoms with Gasteiger partial charge in [-0.2, -0.15) is 0 Å². The predicted octanol–water partition coefficient (Wildman–Crippen LogP) is 21.8. The van der Waals surface area contributed by atoms with Gasteiger partial charge in [-0.05, 0) is 483 Å². The molecule has 6 aliphatic heterocycles. The quantitative estimate of drug-likeness (QED) is 0.159. The molecule has 12 bridgehead atoms. The molecule has 126 heavy (non-hydrogen) atoms. The van der Waals surface area contributed by atoms with E-state index in [9.17, 15) is 8.22 Å². The van der Waals surface area contributed by atoms with Crippen molar-refractivity contribution in [2.75, 3.05) is 124 Å². The molecule has 6 aromatic carbocycles. The average molecular weight is 1810 g/mol. The molecule has 0 aromatic heterocycles. The third kappa shape index (κ3) is 15.4. The maximum Gasteiger partial charge on any atom is 0.119 e. The Kier molecular flexibility index (Phi) is 9.02. The Bertz CT molecular complexity index is 9140. The second kappa shape index (κ2) is 35.4. The number of nitrogens with zero attached hydrogens (tertiary/aromatic N) is 6. The first kappa shape index (κ1) is 32.1. The first-order valence-electron chi connectivity index (χ1n) is 86.7. The highest BCUT2D eigenvalue weighted by atomic mass is 16.5. The Balaban J connectivity index is 0.000000153. The summed E-state index contributed by atoms with van der Waals surface area (Å²) in [5.74, 6) is -39.6. The summed E-state index contributed by atoms with van der Waals surface area (Å²) < 4.78 is 846. The number of likely N-dealkylation sites (N-methyl/N-ethyl adjacent to an activating group) is 6. The average Bonchev–Trinajstić information content (AvgIpc) is 0.620. The lowest BCUT2D eigenvalue weighted by Gasteiger charge is -2.59. The van der Waals surface area contributed by atoms with Gasteiger partial charge in [0.2, 0.25) is 0 Å². The lowest BCUT2D eigenvalue weighted by Crippen LogP contribution is -2.60. The molecular formula is C114H162N6O6. The summed E-state index contributed by atoms with van der Waals surface area (Å²) in [6.45, 7) is -23.0. The Morgan fingerprint density at radius 3 is 0.754 bits per heavy atom. The normalized spacial score (nSPS) is 70.1. The van der Waals surface area contributed by atoms with Gasteiger partial charge in [0, 0.05) is 187 Å². The molecule has 6 unspecified atom stereocenters. The minimum absolute atomic E-state index is 0.0128. The number of hydrogen-bond acceptors (Lipinski definition) is 12. The van der Waals surface area contributed by atoms with Crippen molar-refractivity contribution < 1.29 is 155 Å². The zero-order valence-electron chi connectivity index (χ0n) is 164. The van der Waals surface area contributed by atoms with Crippen molar-refractivity contribution >= 4 is 0 Å². The van der Waals surface area contributed by atoms with Crippen LogP contribution in [-0.4, -0.2) is 189 Å². The number of hydrogen-bond donors (Lipinski definition) is 0. The highest BCUT2D eigenvalue weighted by Gasteiger charge is 2.61. The second-order valence-electron chi connectivity index (χ2n) is 32.4. The van der Waals surface area contributed by atoms with E-state index in [1.807, 2.05) is 0 Å². The lowest BCUT2D eigenvalue weighted by atomic mass is 9.51. The summed E-state index contributed by atoms with van der Waals surface area (Å²) in [4.78, 5) is 2.20. The van der Waals surface area contributed by atoms with Crippen LogP contribution in [0.1, 0.15) is 387 Å². The van der Waals surface area contributed by atoms with Crippen LogP contribution in [-0.2, 0) is 70.8 Å². The SMILES string of the molecule is [2H]C1([2H])c2ccc(OC)cc2[C@@]23C([2H])([2H])C([2H])([2H])N(C([2H])([2H])[2H])[C@@H]1[C@@]2([2H])C([2H])([2H])C([2H])(C)C([2H])([2H])C3([2H])[2H].[2H]C1([2H])c2ccc(OC)cc2[C@@]23C([2H])([2H])C([2H])([2H])N(C([2H])([2H])[2H])[C@@H]1[C@@]2([2H])C([2H])([2H])C([2H])(C)C([2H])([2H])C3([2H])[2H].[2H]C1([2H])c2ccc(OC)cc2[C@@]23C([2H])([2H])C([2H])([2H])N(C)[C@@H]1[C@@]2([2H])C([2H])([2H])C([2H])(C)C([2H])([2H])C3([2H])[2H].[2H]C1([2H])c2ccc(OC)cc2[C@@]23C([2H])([2H])C([2H])([2H])N(C)[C@@H]1[C@@]2([2H])C([2H])([2H])C([2H])(C)C([2H])([2H])C3([2H])[2H].[2H]c1c([2H])c(OC)c([2H])c2c1C[C@@H]1N(C)C([2H])([2H])C([2H])([2H])[C@]23C([2H])([2H])C([2H])([2H])C([2H])(C)C([2H])([2H])[C@]13[2H].[2H]c1c([2H])c(OC)c([2H])c2c1C[C@@H]1N(C)C([2H])([2H])C([2H])([2H])[C@]23C([2H])([2H])C([2H])([2H])C([2H])(C)C([2H])([2H])[C@]13[2H]. The molecule has 684 valence electrons. The van der Waals surface area contributed by atoms with Gasteiger partial charge in [-0.25, -0.2) is 0 Å². The van der Waals surface area contributed by atoms with Crippen LogP contribution in [0.2, 0.25) is 0 Å². The summed E-state index contributed by atoms with van der Waals surface area (Å²) in [6.07, 6.45) is -98.6. The monoisotopic (exact) mass is 1800 g/mol. The molecular weight excluding hydrogens is 1550 g/mol. The van der Waals surface area contributed by atoms with Gasteiger partial charge in [0.15, 0.2) is 0 Å². The number of likely N-dealkylation sites (tertiary alicyclic amines) is 6. The number of fused-ring (bicyclic) bond motifs is 6. The van der Waals surface area contributed by atoms with Gasteiger partial charge in [-0.1, -0.05) is 77.9 Å². The van der Waals surface area contributed by atoms with Crippen LogP contribution in [0, 0.1) is 70.7 Å². The minimum Gasteiger partial charge on any atom is -0.497 e. The van der Waals surface area contributed by atoms with Gasteiger partial charge in [0.1, 0.15) is 34.5 Å². The Hall–Kier alpha value is -6.12. The Morgan fingerprint density at radius 2 is 0.508 bits per heavy atom. The van der Waals surface area contributed by atoms with Crippen molar-refractivity contribution in [3.63, 3.8) is 0 Å². The standard InChI is InChI=1S/6C19H27NO/c6*1-13-6-7-19-8-9-20(2)18(17(19)10-13)11-14-4-5-15(21-3)12-16(14)19/h6*4-5,12-13,17-18H,6-11H2,1-3H3/t6*13?,17-,18+,19-/m111111/s1/i2*4D,5D,6D2,7D2,8D2,9D2,10D2,12D,13D,17D;2*2D3,6D2,7D2,8D2,9D2,10D2,11D2,13D,17D;2*6D2,7D2,8D2,9D2,10D2,11D2,13D,17D. The smallest absolute Gasteiger partial charge is 0.119 e. The predicted molar refractivity (Wildman–Crippen MR) is 515 cm³/mol. The van der Waals surface area contributed by atoms with Gasteiger partial charge >= 0.3 is 0 Å². The van der Waals surface area contributed by atoms with Crippen molar-refractivity contribution in [1.29, 1.82) is 0 Å². The van der Waals surface area contributed by atoms with E-state index in [1.165, 1.54) is 64.8 Å². The first-order valence-corrected chi connectivity index (χ1v) is 40.7. The molecule has 12 aliphatic carbocycles. The molecule has 6 heterocycles. The van der Waals surface area contributed by atoms with Crippen molar-refractivity contribution in [3.8, 4) is 34.5 Å². The lowest BCUT2D eigenvalue weighted by molar-refractivity contribution is -0.0112. The van der Waals surface area contributed by atoms with Gasteiger partial charge in [-0.15, -0.1) is 0 Å². The van der Waals surface area contributed by atoms with Crippen molar-refractivity contribution in [1.82, 2.24) is 29.4 Å². The number of methoxy groups -OCH3 is 6. The summed E-state index contributed by atoms with van der Waals surface area (Å²) in [5, 5.41) is 0. The molecule has 24 rings (SSSR count). The highest BCUT2D eigenvalue weighted by molar-refractivity contribution is 5.52. The molecule has 12 nitrogen and oxygen atoms in total. The van der Waals surface area contributed by atoms with Crippen LogP contribution in [0.25, 0.3) is 0 Å². The fraction of sp³-hybridized carbons (Fsp3) is 0.684. The van der Waals surface area contributed by atoms with Crippen LogP contribution >= 0.6 is 0 Å². The van der Waals surface area contributed by atoms with Crippen molar-refractivity contribution in [2.45, 2.75) is 302 Å². The summed E-state index contributed by atoms with van der Waals surface area (Å²) >= 11 is 0. The van der Waals surface area contributed by atoms with E-state index in [0.29, 0.717) is 23.6 Å². The van der Waals surface area contributed by atoms with E-state index in [-0.39, 0.29) is 55.1 Å². The van der Waals surface area contributed by atoms with Gasteiger partial charge < -0.3 is 57.8 Å². The largest absolute Gasteiger partial charge is 0.497 e. The van der Waals surface area contributed by atoms with E-state index < -0.39 is 476 Å². The van der Waals surface area contributed by atoms with Crippen molar-refractivity contribution in [3.05, 3.63) is 176 Å². The van der Waals surface area contributed by atoms with Gasteiger partial charge in [0.25, 0.3) is 0 Å². The fourth-order valence-corrected chi connectivity index (χ4v) is 18.3. The Morgan fingerprint density at radius 1 is 0.286 bits per heavy atom. The molecule has 24 atom stereocenters. The maximum absolute atomic E-state index is 9.65. The molecule has 0 radical (unpaired) electrons. The third-order valence-corrected chi connectivity index (χ3v) is 24.8. The molecule has 6 saturated carbocycles. The van der Waals surface area contributed by atoms with Crippen LogP contribution in [0.3, 0.4) is 0 Å². The van der Waals surface area contributed by atoms with Crippen LogP contribution in [0.5, 0.6) is 34.5 Å². The molecule has 6 saturated heterocycles. The molecule has 0 amide bonds. The molecule has 6 aromatic rings. The number of piperidine rings is 6. The van der Waals surface area contributed by atoms with E-state index in [0.717, 1.165) is 116 Å². The molecule has 0 N–H and O–H groups in total. The second-order valence-corrected chi connectivity index (χ2v) is 32.4. The van der Waals surface area contributed by atoms with Crippen LogP contribution in [0.15, 0.2) is 109 Å². The number of rotatable bonds is 6. The van der Waals surface area contributed by atoms with E-state index in [1.54, 1.807) is 0 Å². The number of ether oxygens (including phenoxy) is 6. The Labute approximate surface area is 891 Å². The van der Waals surface area contributed by atoms with Gasteiger partial charge in [-0.3, -0.25) is 0 Å². The maximum atomic E-state index is 9.65. The third-order valence-electron chi connectivity index (χ3n) is 24.8. The van der Waals surface area contributed by atoms with E-state index in [2.05, 4.69) is 0 Å².